The first-order chi connectivity index (χ1) is 20.1. The maximum atomic E-state index is 14.2. The second-order valence-electron chi connectivity index (χ2n) is 11.6. The van der Waals surface area contributed by atoms with E-state index in [0.29, 0.717) is 24.3 Å². The van der Waals surface area contributed by atoms with Crippen molar-refractivity contribution in [3.8, 4) is 5.75 Å². The molecule has 0 spiro atoms. The van der Waals surface area contributed by atoms with Crippen molar-refractivity contribution in [1.82, 2.24) is 9.62 Å². The Labute approximate surface area is 251 Å². The number of hydrogen-bond acceptors (Lipinski definition) is 5. The van der Waals surface area contributed by atoms with Gasteiger partial charge in [-0.25, -0.2) is 8.42 Å². The number of nitrogens with one attached hydrogen (secondary N) is 1. The van der Waals surface area contributed by atoms with Gasteiger partial charge in [-0.15, -0.1) is 0 Å². The quantitative estimate of drug-likeness (QED) is 0.252. The number of sulfonamides is 1. The Bertz CT molecular complexity index is 1440. The van der Waals surface area contributed by atoms with Crippen LogP contribution in [0.1, 0.15) is 75.3 Å². The number of ether oxygens (including phenoxy) is 1. The smallest absolute Gasteiger partial charge is 0.243 e. The average Bonchev–Trinajstić information content (AvgIpc) is 2.97. The number of carbonyl (C=O) groups excluding carboxylic acids is 1. The van der Waals surface area contributed by atoms with Crippen LogP contribution in [0.3, 0.4) is 0 Å². The molecule has 1 heterocycles. The Hall–Kier alpha value is -3.20. The van der Waals surface area contributed by atoms with E-state index >= 15 is 0 Å². The second-order valence-corrected chi connectivity index (χ2v) is 13.4. The number of amides is 1. The van der Waals surface area contributed by atoms with E-state index in [1.807, 2.05) is 61.5 Å². The molecule has 1 aliphatic heterocycles. The summed E-state index contributed by atoms with van der Waals surface area (Å²) in [4.78, 5) is 13.0. The molecule has 0 saturated carbocycles. The lowest BCUT2D eigenvalue weighted by Crippen LogP contribution is -2.54. The zero-order valence-corrected chi connectivity index (χ0v) is 26.0. The highest BCUT2D eigenvalue weighted by atomic mass is 32.2. The van der Waals surface area contributed by atoms with Gasteiger partial charge in [0, 0.05) is 18.7 Å². The van der Waals surface area contributed by atoms with Gasteiger partial charge >= 0.3 is 0 Å². The number of benzene rings is 3. The molecule has 226 valence electrons. The normalized spacial score (nSPS) is 17.9. The van der Waals surface area contributed by atoms with Crippen molar-refractivity contribution >= 4 is 15.9 Å². The Morgan fingerprint density at radius 3 is 2.31 bits per heavy atom. The minimum absolute atomic E-state index is 0.122. The first kappa shape index (κ1) is 31.7. The molecule has 0 aliphatic carbocycles. The highest BCUT2D eigenvalue weighted by Crippen LogP contribution is 2.45. The van der Waals surface area contributed by atoms with Crippen LogP contribution >= 0.6 is 0 Å². The minimum Gasteiger partial charge on any atom is -0.485 e. The maximum absolute atomic E-state index is 14.2. The largest absolute Gasteiger partial charge is 0.485 e. The van der Waals surface area contributed by atoms with Gasteiger partial charge in [-0.1, -0.05) is 75.2 Å². The topological polar surface area (TPSA) is 95.9 Å². The lowest BCUT2D eigenvalue weighted by atomic mass is 9.85. The predicted molar refractivity (Wildman–Crippen MR) is 166 cm³/mol. The summed E-state index contributed by atoms with van der Waals surface area (Å²) in [7, 11) is -3.97. The number of aliphatic hydroxyl groups excluding tert-OH is 1. The van der Waals surface area contributed by atoms with Gasteiger partial charge in [0.05, 0.1) is 17.4 Å². The molecule has 1 amide bonds. The summed E-state index contributed by atoms with van der Waals surface area (Å²) in [5, 5.41) is 14.6. The second kappa shape index (κ2) is 13.8. The number of hydrogen-bond donors (Lipinski definition) is 2. The van der Waals surface area contributed by atoms with Crippen LogP contribution in [-0.2, 0) is 34.1 Å². The average molecular weight is 593 g/mol. The van der Waals surface area contributed by atoms with Gasteiger partial charge in [0.25, 0.3) is 0 Å². The molecule has 2 N–H and O–H groups in total. The maximum Gasteiger partial charge on any atom is 0.243 e. The van der Waals surface area contributed by atoms with Gasteiger partial charge in [-0.05, 0) is 74.1 Å². The van der Waals surface area contributed by atoms with Crippen LogP contribution in [0, 0.1) is 0 Å². The molecular formula is C34H44N2O5S. The predicted octanol–water partition coefficient (Wildman–Crippen LogP) is 5.60. The van der Waals surface area contributed by atoms with Crippen molar-refractivity contribution in [2.24, 2.45) is 0 Å². The number of aliphatic hydroxyl groups is 1. The van der Waals surface area contributed by atoms with Gasteiger partial charge in [-0.2, -0.15) is 4.31 Å². The van der Waals surface area contributed by atoms with Crippen LogP contribution in [0.4, 0.5) is 0 Å². The van der Waals surface area contributed by atoms with Gasteiger partial charge < -0.3 is 15.2 Å². The van der Waals surface area contributed by atoms with Crippen molar-refractivity contribution in [2.45, 2.75) is 88.9 Å². The van der Waals surface area contributed by atoms with E-state index in [1.165, 1.54) is 4.31 Å². The lowest BCUT2D eigenvalue weighted by Gasteiger charge is -2.46. The number of fused-ring (bicyclic) bond motifs is 1. The third-order valence-electron chi connectivity index (χ3n) is 7.95. The van der Waals surface area contributed by atoms with Crippen LogP contribution in [-0.4, -0.2) is 48.5 Å². The van der Waals surface area contributed by atoms with Crippen molar-refractivity contribution in [2.75, 3.05) is 13.1 Å². The Morgan fingerprint density at radius 2 is 1.64 bits per heavy atom. The fourth-order valence-electron chi connectivity index (χ4n) is 5.44. The number of aryl methyl sites for hydroxylation is 1. The third kappa shape index (κ3) is 7.41. The molecule has 8 heteroatoms. The van der Waals surface area contributed by atoms with Crippen molar-refractivity contribution in [3.05, 3.63) is 95.1 Å². The fraction of sp³-hybridized carbons (Fsp3) is 0.441. The molecule has 0 fully saturated rings. The molecule has 0 radical (unpaired) electrons. The molecular weight excluding hydrogens is 548 g/mol. The molecule has 0 saturated heterocycles. The van der Waals surface area contributed by atoms with Gasteiger partial charge in [0.15, 0.2) is 0 Å². The number of carbonyl (C=O) groups is 1. The molecule has 0 bridgehead atoms. The van der Waals surface area contributed by atoms with E-state index in [2.05, 4.69) is 12.2 Å². The molecule has 0 aromatic heterocycles. The van der Waals surface area contributed by atoms with Crippen molar-refractivity contribution in [3.63, 3.8) is 0 Å². The van der Waals surface area contributed by atoms with Crippen LogP contribution in [0.15, 0.2) is 77.7 Å². The van der Waals surface area contributed by atoms with E-state index in [4.69, 9.17) is 4.74 Å². The summed E-state index contributed by atoms with van der Waals surface area (Å²) >= 11 is 0. The molecule has 42 heavy (non-hydrogen) atoms. The lowest BCUT2D eigenvalue weighted by molar-refractivity contribution is -0.120. The summed E-state index contributed by atoms with van der Waals surface area (Å²) in [5.74, 6) is 0.393. The van der Waals surface area contributed by atoms with E-state index in [9.17, 15) is 18.3 Å². The van der Waals surface area contributed by atoms with Crippen LogP contribution in [0.5, 0.6) is 5.75 Å². The van der Waals surface area contributed by atoms with E-state index < -0.39 is 27.8 Å². The monoisotopic (exact) mass is 592 g/mol. The standard InChI is InChI=1S/C34H44N2O5S/c1-5-7-11-22-36(42(39,40)28-17-14-25(6-2)15-18-28)32-29-23-27(16-19-30(29)41-34(3,4)33(32)38)24-31(37)35-21-20-26-12-9-8-10-13-26/h8-10,12-19,23,32-33,38H,5-7,11,20-22,24H2,1-4H3,(H,35,37). The minimum atomic E-state index is -3.97. The molecule has 2 unspecified atom stereocenters. The number of rotatable bonds is 13. The van der Waals surface area contributed by atoms with E-state index in [1.54, 1.807) is 32.0 Å². The van der Waals surface area contributed by atoms with Gasteiger partial charge in [0.1, 0.15) is 17.5 Å². The third-order valence-corrected chi connectivity index (χ3v) is 9.85. The summed E-state index contributed by atoms with van der Waals surface area (Å²) < 4.78 is 36.0. The fourth-order valence-corrected chi connectivity index (χ4v) is 7.08. The molecule has 4 rings (SSSR count). The van der Waals surface area contributed by atoms with E-state index in [-0.39, 0.29) is 23.8 Å². The zero-order valence-electron chi connectivity index (χ0n) is 25.2. The SMILES string of the molecule is CCCCCN(C1c2cc(CC(=O)NCCc3ccccc3)ccc2OC(C)(C)C1O)S(=O)(=O)c1ccc(CC)cc1. The van der Waals surface area contributed by atoms with Crippen molar-refractivity contribution < 1.29 is 23.1 Å². The molecule has 2 atom stereocenters. The summed E-state index contributed by atoms with van der Waals surface area (Å²) in [6, 6.07) is 21.5. The molecule has 3 aromatic carbocycles. The Morgan fingerprint density at radius 1 is 0.952 bits per heavy atom. The zero-order chi connectivity index (χ0) is 30.3. The van der Waals surface area contributed by atoms with Crippen molar-refractivity contribution in [1.29, 1.82) is 0 Å². The molecule has 7 nitrogen and oxygen atoms in total. The highest BCUT2D eigenvalue weighted by molar-refractivity contribution is 7.89. The summed E-state index contributed by atoms with van der Waals surface area (Å²) in [6.07, 6.45) is 3.00. The Balaban J connectivity index is 1.64. The summed E-state index contributed by atoms with van der Waals surface area (Å²) in [6.45, 7) is 8.42. The summed E-state index contributed by atoms with van der Waals surface area (Å²) in [5.41, 5.74) is 2.47. The van der Waals surface area contributed by atoms with E-state index in [0.717, 1.165) is 42.4 Å². The first-order valence-corrected chi connectivity index (χ1v) is 16.4. The number of nitrogens with zero attached hydrogens (tertiary/aromatic N) is 1. The number of unbranched alkanes of at least 4 members (excludes halogenated alkanes) is 2. The Kier molecular flexibility index (Phi) is 10.5. The van der Waals surface area contributed by atoms with Crippen LogP contribution in [0.25, 0.3) is 0 Å². The first-order valence-electron chi connectivity index (χ1n) is 15.0. The van der Waals surface area contributed by atoms with Crippen LogP contribution in [0.2, 0.25) is 0 Å². The molecule has 3 aromatic rings. The highest BCUT2D eigenvalue weighted by Gasteiger charge is 2.48. The van der Waals surface area contributed by atoms with Gasteiger partial charge in [-0.3, -0.25) is 4.79 Å². The molecule has 1 aliphatic rings. The van der Waals surface area contributed by atoms with Crippen LogP contribution < -0.4 is 10.1 Å². The van der Waals surface area contributed by atoms with Gasteiger partial charge in [0.2, 0.25) is 15.9 Å².